The lowest BCUT2D eigenvalue weighted by atomic mass is 10.1. The van der Waals surface area contributed by atoms with Crippen LogP contribution in [0.15, 0.2) is 22.7 Å². The largest absolute Gasteiger partial charge is 0.384 e. The van der Waals surface area contributed by atoms with Crippen molar-refractivity contribution in [1.82, 2.24) is 0 Å². The van der Waals surface area contributed by atoms with Crippen LogP contribution in [0.5, 0.6) is 0 Å². The summed E-state index contributed by atoms with van der Waals surface area (Å²) >= 11 is 3.47. The fourth-order valence-corrected chi connectivity index (χ4v) is 2.65. The number of amidine groups is 1. The van der Waals surface area contributed by atoms with Crippen LogP contribution in [0.1, 0.15) is 24.8 Å². The van der Waals surface area contributed by atoms with E-state index in [1.54, 1.807) is 0 Å². The number of hydrogen-bond donors (Lipinski definition) is 2. The molecule has 0 unspecified atom stereocenters. The smallest absolute Gasteiger partial charge is 0.123 e. The number of anilines is 1. The molecule has 0 atom stereocenters. The molecule has 16 heavy (non-hydrogen) atoms. The second-order valence-electron chi connectivity index (χ2n) is 4.13. The van der Waals surface area contributed by atoms with Crippen molar-refractivity contribution < 1.29 is 0 Å². The monoisotopic (exact) mass is 281 g/mol. The highest BCUT2D eigenvalue weighted by Gasteiger charge is 2.12. The van der Waals surface area contributed by atoms with Gasteiger partial charge in [-0.25, -0.2) is 0 Å². The zero-order chi connectivity index (χ0) is 11.5. The molecule has 1 fully saturated rings. The number of piperidine rings is 1. The van der Waals surface area contributed by atoms with Crippen molar-refractivity contribution in [2.75, 3.05) is 18.0 Å². The van der Waals surface area contributed by atoms with Gasteiger partial charge in [-0.3, -0.25) is 5.41 Å². The van der Waals surface area contributed by atoms with Crippen molar-refractivity contribution in [1.29, 1.82) is 5.41 Å². The number of nitrogens with two attached hydrogens (primary N) is 1. The summed E-state index contributed by atoms with van der Waals surface area (Å²) in [4.78, 5) is 2.39. The lowest BCUT2D eigenvalue weighted by Gasteiger charge is -2.29. The van der Waals surface area contributed by atoms with Crippen LogP contribution >= 0.6 is 15.9 Å². The number of nitrogen functional groups attached to an aromatic ring is 1. The molecule has 4 heteroatoms. The maximum atomic E-state index is 7.43. The van der Waals surface area contributed by atoms with E-state index >= 15 is 0 Å². The number of nitrogens with one attached hydrogen (secondary N) is 1. The SMILES string of the molecule is N=C(N)c1ccc(N2CCCCC2)cc1Br. The van der Waals surface area contributed by atoms with E-state index in [2.05, 4.69) is 26.9 Å². The lowest BCUT2D eigenvalue weighted by molar-refractivity contribution is 0.578. The Morgan fingerprint density at radius 1 is 1.25 bits per heavy atom. The highest BCUT2D eigenvalue weighted by atomic mass is 79.9. The summed E-state index contributed by atoms with van der Waals surface area (Å²) < 4.78 is 0.906. The molecule has 1 aliphatic heterocycles. The molecule has 1 saturated heterocycles. The van der Waals surface area contributed by atoms with Crippen LogP contribution in [0.25, 0.3) is 0 Å². The van der Waals surface area contributed by atoms with Gasteiger partial charge in [-0.1, -0.05) is 0 Å². The zero-order valence-electron chi connectivity index (χ0n) is 9.17. The Morgan fingerprint density at radius 2 is 1.94 bits per heavy atom. The maximum absolute atomic E-state index is 7.43. The standard InChI is InChI=1S/C12H16BrN3/c13-11-8-9(4-5-10(11)12(14)15)16-6-2-1-3-7-16/h4-5,8H,1-3,6-7H2,(H3,14,15). The van der Waals surface area contributed by atoms with Gasteiger partial charge in [0.15, 0.2) is 0 Å². The molecule has 0 aliphatic carbocycles. The van der Waals surface area contributed by atoms with E-state index in [0.29, 0.717) is 0 Å². The first-order valence-electron chi connectivity index (χ1n) is 5.57. The second-order valence-corrected chi connectivity index (χ2v) is 4.98. The summed E-state index contributed by atoms with van der Waals surface area (Å²) in [7, 11) is 0. The lowest BCUT2D eigenvalue weighted by Crippen LogP contribution is -2.29. The van der Waals surface area contributed by atoms with E-state index < -0.39 is 0 Å². The van der Waals surface area contributed by atoms with Crippen LogP contribution in [0.3, 0.4) is 0 Å². The van der Waals surface area contributed by atoms with Crippen LogP contribution in [0, 0.1) is 5.41 Å². The molecule has 1 aromatic rings. The van der Waals surface area contributed by atoms with Crippen molar-refractivity contribution in [2.24, 2.45) is 5.73 Å². The second kappa shape index (κ2) is 4.87. The van der Waals surface area contributed by atoms with Crippen molar-refractivity contribution in [3.8, 4) is 0 Å². The minimum absolute atomic E-state index is 0.108. The Balaban J connectivity index is 2.23. The third-order valence-electron chi connectivity index (χ3n) is 2.96. The summed E-state index contributed by atoms with van der Waals surface area (Å²) in [5.74, 6) is 0.108. The highest BCUT2D eigenvalue weighted by Crippen LogP contribution is 2.26. The van der Waals surface area contributed by atoms with Crippen molar-refractivity contribution in [3.05, 3.63) is 28.2 Å². The predicted octanol–water partition coefficient (Wildman–Crippen LogP) is 2.72. The molecule has 1 aromatic carbocycles. The van der Waals surface area contributed by atoms with Crippen LogP contribution in [-0.4, -0.2) is 18.9 Å². The molecule has 0 bridgehead atoms. The molecule has 3 N–H and O–H groups in total. The zero-order valence-corrected chi connectivity index (χ0v) is 10.8. The van der Waals surface area contributed by atoms with Gasteiger partial charge >= 0.3 is 0 Å². The van der Waals surface area contributed by atoms with E-state index in [-0.39, 0.29) is 5.84 Å². The molecule has 0 saturated carbocycles. The fourth-order valence-electron chi connectivity index (χ4n) is 2.07. The van der Waals surface area contributed by atoms with Gasteiger partial charge in [0.25, 0.3) is 0 Å². The summed E-state index contributed by atoms with van der Waals surface area (Å²) in [6, 6.07) is 6.02. The Kier molecular flexibility index (Phi) is 3.49. The van der Waals surface area contributed by atoms with E-state index in [0.717, 1.165) is 23.1 Å². The number of hydrogen-bond acceptors (Lipinski definition) is 2. The molecule has 86 valence electrons. The Labute approximate surface area is 104 Å². The Morgan fingerprint density at radius 3 is 2.50 bits per heavy atom. The number of benzene rings is 1. The first-order chi connectivity index (χ1) is 7.68. The minimum atomic E-state index is 0.108. The molecule has 2 rings (SSSR count). The van der Waals surface area contributed by atoms with Gasteiger partial charge in [-0.2, -0.15) is 0 Å². The van der Waals surface area contributed by atoms with E-state index in [9.17, 15) is 0 Å². The van der Waals surface area contributed by atoms with Gasteiger partial charge in [-0.15, -0.1) is 0 Å². The molecular weight excluding hydrogens is 266 g/mol. The van der Waals surface area contributed by atoms with Gasteiger partial charge in [0.1, 0.15) is 5.84 Å². The average Bonchev–Trinajstić information content (AvgIpc) is 2.29. The first kappa shape index (κ1) is 11.5. The van der Waals surface area contributed by atoms with E-state index in [4.69, 9.17) is 11.1 Å². The quantitative estimate of drug-likeness (QED) is 0.647. The molecule has 0 spiro atoms. The molecule has 3 nitrogen and oxygen atoms in total. The number of rotatable bonds is 2. The summed E-state index contributed by atoms with van der Waals surface area (Å²) in [5.41, 5.74) is 7.47. The topological polar surface area (TPSA) is 53.1 Å². The summed E-state index contributed by atoms with van der Waals surface area (Å²) in [6.45, 7) is 2.26. The minimum Gasteiger partial charge on any atom is -0.384 e. The molecule has 0 radical (unpaired) electrons. The van der Waals surface area contributed by atoms with E-state index in [1.807, 2.05) is 12.1 Å². The molecular formula is C12H16BrN3. The van der Waals surface area contributed by atoms with Crippen LogP contribution in [0.2, 0.25) is 0 Å². The predicted molar refractivity (Wildman–Crippen MR) is 71.2 cm³/mol. The summed E-state index contributed by atoms with van der Waals surface area (Å²) in [6.07, 6.45) is 3.88. The highest BCUT2D eigenvalue weighted by molar-refractivity contribution is 9.10. The van der Waals surface area contributed by atoms with Gasteiger partial charge < -0.3 is 10.6 Å². The number of halogens is 1. The van der Waals surface area contributed by atoms with Crippen molar-refractivity contribution in [2.45, 2.75) is 19.3 Å². The average molecular weight is 282 g/mol. The van der Waals surface area contributed by atoms with Crippen molar-refractivity contribution in [3.63, 3.8) is 0 Å². The van der Waals surface area contributed by atoms with E-state index in [1.165, 1.54) is 24.9 Å². The number of nitrogens with zero attached hydrogens (tertiary/aromatic N) is 1. The molecule has 1 aliphatic rings. The molecule has 1 heterocycles. The van der Waals surface area contributed by atoms with Crippen LogP contribution < -0.4 is 10.6 Å². The van der Waals surface area contributed by atoms with Gasteiger partial charge in [0.05, 0.1) is 0 Å². The molecule has 0 aromatic heterocycles. The third kappa shape index (κ3) is 2.38. The molecule has 0 amide bonds. The van der Waals surface area contributed by atoms with Crippen LogP contribution in [-0.2, 0) is 0 Å². The van der Waals surface area contributed by atoms with Crippen molar-refractivity contribution >= 4 is 27.5 Å². The van der Waals surface area contributed by atoms with Crippen LogP contribution in [0.4, 0.5) is 5.69 Å². The van der Waals surface area contributed by atoms with Gasteiger partial charge in [0, 0.05) is 28.8 Å². The summed E-state index contributed by atoms with van der Waals surface area (Å²) in [5, 5.41) is 7.43. The first-order valence-corrected chi connectivity index (χ1v) is 6.36. The Bertz CT molecular complexity index is 397. The fraction of sp³-hybridized carbons (Fsp3) is 0.417. The Hall–Kier alpha value is -1.03. The van der Waals surface area contributed by atoms with Gasteiger partial charge in [-0.05, 0) is 53.4 Å². The maximum Gasteiger partial charge on any atom is 0.123 e. The third-order valence-corrected chi connectivity index (χ3v) is 3.62. The normalized spacial score (nSPS) is 16.2. The van der Waals surface area contributed by atoms with Gasteiger partial charge in [0.2, 0.25) is 0 Å².